The number of hydrogen-bond acceptors (Lipinski definition) is 7. The second-order valence-electron chi connectivity index (χ2n) is 6.69. The number of thiophene rings is 1. The van der Waals surface area contributed by atoms with Crippen molar-refractivity contribution < 1.29 is 0 Å². The smallest absolute Gasteiger partial charge is 0.258 e. The van der Waals surface area contributed by atoms with Crippen LogP contribution in [0.2, 0.25) is 0 Å². The summed E-state index contributed by atoms with van der Waals surface area (Å²) in [6, 6.07) is 7.31. The van der Waals surface area contributed by atoms with Gasteiger partial charge in [0, 0.05) is 4.88 Å². The molecule has 0 bridgehead atoms. The molecule has 0 fully saturated rings. The quantitative estimate of drug-likeness (QED) is 0.565. The van der Waals surface area contributed by atoms with Gasteiger partial charge >= 0.3 is 0 Å². The van der Waals surface area contributed by atoms with E-state index in [4.69, 9.17) is 5.73 Å². The SMILES string of the molecule is Cc1sc2nc(CN(C)Cc3nc4ccccc4c(=O)[nH]3)nc(N)c2c1C. The molecule has 0 aliphatic heterocycles. The average Bonchev–Trinajstić information content (AvgIpc) is 2.89. The number of nitrogens with one attached hydrogen (secondary N) is 1. The van der Waals surface area contributed by atoms with Gasteiger partial charge in [-0.3, -0.25) is 9.69 Å². The molecule has 0 saturated heterocycles. The van der Waals surface area contributed by atoms with Crippen molar-refractivity contribution in [3.05, 3.63) is 56.7 Å². The third-order valence-electron chi connectivity index (χ3n) is 4.60. The van der Waals surface area contributed by atoms with E-state index in [-0.39, 0.29) is 5.56 Å². The van der Waals surface area contributed by atoms with Crippen LogP contribution < -0.4 is 11.3 Å². The fourth-order valence-corrected chi connectivity index (χ4v) is 4.22. The molecule has 0 radical (unpaired) electrons. The maximum Gasteiger partial charge on any atom is 0.258 e. The van der Waals surface area contributed by atoms with Gasteiger partial charge in [0.15, 0.2) is 0 Å². The van der Waals surface area contributed by atoms with Crippen LogP contribution in [0.1, 0.15) is 22.1 Å². The van der Waals surface area contributed by atoms with Crippen LogP contribution in [0, 0.1) is 13.8 Å². The molecule has 0 amide bonds. The molecular weight excluding hydrogens is 360 g/mol. The van der Waals surface area contributed by atoms with Crippen molar-refractivity contribution in [2.45, 2.75) is 26.9 Å². The van der Waals surface area contributed by atoms with Crippen molar-refractivity contribution in [1.29, 1.82) is 0 Å². The summed E-state index contributed by atoms with van der Waals surface area (Å²) in [6.07, 6.45) is 0. The van der Waals surface area contributed by atoms with Crippen molar-refractivity contribution in [2.24, 2.45) is 0 Å². The monoisotopic (exact) mass is 380 g/mol. The minimum atomic E-state index is -0.129. The molecule has 0 atom stereocenters. The molecule has 0 aliphatic rings. The summed E-state index contributed by atoms with van der Waals surface area (Å²) in [5.41, 5.74) is 7.86. The lowest BCUT2D eigenvalue weighted by atomic mass is 10.2. The summed E-state index contributed by atoms with van der Waals surface area (Å²) in [5.74, 6) is 1.78. The number of hydrogen-bond donors (Lipinski definition) is 2. The Morgan fingerprint density at radius 1 is 1.15 bits per heavy atom. The van der Waals surface area contributed by atoms with Gasteiger partial charge in [-0.25, -0.2) is 15.0 Å². The molecule has 27 heavy (non-hydrogen) atoms. The second-order valence-corrected chi connectivity index (χ2v) is 7.89. The molecule has 4 aromatic rings. The van der Waals surface area contributed by atoms with E-state index in [0.29, 0.717) is 41.5 Å². The molecule has 0 unspecified atom stereocenters. The highest BCUT2D eigenvalue weighted by molar-refractivity contribution is 7.18. The van der Waals surface area contributed by atoms with Gasteiger partial charge in [-0.1, -0.05) is 12.1 Å². The topological polar surface area (TPSA) is 101 Å². The lowest BCUT2D eigenvalue weighted by Gasteiger charge is -2.15. The summed E-state index contributed by atoms with van der Waals surface area (Å²) < 4.78 is 0. The van der Waals surface area contributed by atoms with Crippen LogP contribution in [0.3, 0.4) is 0 Å². The van der Waals surface area contributed by atoms with E-state index in [1.807, 2.05) is 37.1 Å². The molecule has 3 heterocycles. The molecule has 8 heteroatoms. The number of benzene rings is 1. The Labute approximate surface area is 159 Å². The Kier molecular flexibility index (Phi) is 4.37. The molecule has 0 aliphatic carbocycles. The van der Waals surface area contributed by atoms with Gasteiger partial charge in [0.2, 0.25) is 0 Å². The second kappa shape index (κ2) is 6.71. The lowest BCUT2D eigenvalue weighted by Crippen LogP contribution is -2.23. The van der Waals surface area contributed by atoms with Gasteiger partial charge in [0.05, 0.1) is 29.4 Å². The molecule has 0 saturated carbocycles. The van der Waals surface area contributed by atoms with Crippen LogP contribution in [0.5, 0.6) is 0 Å². The largest absolute Gasteiger partial charge is 0.383 e. The van der Waals surface area contributed by atoms with Gasteiger partial charge < -0.3 is 10.7 Å². The van der Waals surface area contributed by atoms with Gasteiger partial charge in [-0.2, -0.15) is 0 Å². The van der Waals surface area contributed by atoms with E-state index in [1.165, 1.54) is 4.88 Å². The summed E-state index contributed by atoms with van der Waals surface area (Å²) >= 11 is 1.63. The fourth-order valence-electron chi connectivity index (χ4n) is 3.16. The molecular formula is C19H20N6OS. The average molecular weight is 380 g/mol. The van der Waals surface area contributed by atoms with Crippen molar-refractivity contribution in [1.82, 2.24) is 24.8 Å². The number of fused-ring (bicyclic) bond motifs is 2. The predicted molar refractivity (Wildman–Crippen MR) is 109 cm³/mol. The van der Waals surface area contributed by atoms with Crippen molar-refractivity contribution in [3.8, 4) is 0 Å². The standard InChI is InChI=1S/C19H20N6OS/c1-10-11(2)27-19-16(10)17(20)22-15(24-19)9-25(3)8-14-21-13-7-5-4-6-12(13)18(26)23-14/h4-7H,8-9H2,1-3H3,(H2,20,22,24)(H,21,23,26). The van der Waals surface area contributed by atoms with E-state index in [2.05, 4.69) is 26.9 Å². The number of nitrogens with zero attached hydrogens (tertiary/aromatic N) is 4. The van der Waals surface area contributed by atoms with Gasteiger partial charge in [0.25, 0.3) is 5.56 Å². The highest BCUT2D eigenvalue weighted by Gasteiger charge is 2.14. The molecule has 3 aromatic heterocycles. The first-order valence-electron chi connectivity index (χ1n) is 8.61. The maximum atomic E-state index is 12.2. The third kappa shape index (κ3) is 3.29. The zero-order chi connectivity index (χ0) is 19.1. The van der Waals surface area contributed by atoms with Crippen molar-refractivity contribution in [3.63, 3.8) is 0 Å². The summed E-state index contributed by atoms with van der Waals surface area (Å²) in [4.78, 5) is 32.8. The van der Waals surface area contributed by atoms with E-state index < -0.39 is 0 Å². The Morgan fingerprint density at radius 3 is 2.74 bits per heavy atom. The molecule has 7 nitrogen and oxygen atoms in total. The van der Waals surface area contributed by atoms with Crippen LogP contribution in [-0.4, -0.2) is 31.9 Å². The highest BCUT2D eigenvalue weighted by Crippen LogP contribution is 2.31. The van der Waals surface area contributed by atoms with Crippen LogP contribution >= 0.6 is 11.3 Å². The van der Waals surface area contributed by atoms with E-state index in [0.717, 1.165) is 15.8 Å². The molecule has 138 valence electrons. The van der Waals surface area contributed by atoms with E-state index >= 15 is 0 Å². The van der Waals surface area contributed by atoms with Crippen LogP contribution in [0.15, 0.2) is 29.1 Å². The van der Waals surface area contributed by atoms with E-state index in [1.54, 1.807) is 17.4 Å². The molecule has 1 aromatic carbocycles. The first-order valence-corrected chi connectivity index (χ1v) is 9.42. The lowest BCUT2D eigenvalue weighted by molar-refractivity contribution is 0.303. The summed E-state index contributed by atoms with van der Waals surface area (Å²) in [5, 5.41) is 1.54. The van der Waals surface area contributed by atoms with Crippen molar-refractivity contribution in [2.75, 3.05) is 12.8 Å². The van der Waals surface area contributed by atoms with Gasteiger partial charge in [0.1, 0.15) is 22.3 Å². The minimum Gasteiger partial charge on any atom is -0.383 e. The zero-order valence-corrected chi connectivity index (χ0v) is 16.2. The Hall–Kier alpha value is -2.84. The third-order valence-corrected chi connectivity index (χ3v) is 5.70. The molecule has 0 spiro atoms. The predicted octanol–water partition coefficient (Wildman–Crippen LogP) is 2.76. The van der Waals surface area contributed by atoms with E-state index in [9.17, 15) is 4.79 Å². The number of nitrogens with two attached hydrogens (primary N) is 1. The van der Waals surface area contributed by atoms with Gasteiger partial charge in [-0.15, -0.1) is 11.3 Å². The number of aromatic nitrogens is 4. The first-order chi connectivity index (χ1) is 12.9. The Balaban J connectivity index is 1.58. The Morgan fingerprint density at radius 2 is 1.93 bits per heavy atom. The number of para-hydroxylation sites is 1. The zero-order valence-electron chi connectivity index (χ0n) is 15.4. The number of aromatic amines is 1. The first kappa shape index (κ1) is 17.6. The summed E-state index contributed by atoms with van der Waals surface area (Å²) in [6.45, 7) is 5.09. The maximum absolute atomic E-state index is 12.2. The normalized spacial score (nSPS) is 11.7. The fraction of sp³-hybridized carbons (Fsp3) is 0.263. The van der Waals surface area contributed by atoms with Gasteiger partial charge in [-0.05, 0) is 38.6 Å². The minimum absolute atomic E-state index is 0.129. The van der Waals surface area contributed by atoms with Crippen molar-refractivity contribution >= 4 is 38.3 Å². The Bertz CT molecular complexity index is 1210. The molecule has 4 rings (SSSR count). The number of rotatable bonds is 4. The highest BCUT2D eigenvalue weighted by atomic mass is 32.1. The van der Waals surface area contributed by atoms with Crippen LogP contribution in [0.25, 0.3) is 21.1 Å². The van der Waals surface area contributed by atoms with Crippen LogP contribution in [0.4, 0.5) is 5.82 Å². The van der Waals surface area contributed by atoms with Crippen LogP contribution in [-0.2, 0) is 13.1 Å². The number of anilines is 1. The number of nitrogen functional groups attached to an aromatic ring is 1. The number of H-pyrrole nitrogens is 1. The molecule has 3 N–H and O–H groups in total. The summed E-state index contributed by atoms with van der Waals surface area (Å²) in [7, 11) is 1.93. The number of aryl methyl sites for hydroxylation is 2.